The van der Waals surface area contributed by atoms with Crippen molar-refractivity contribution in [3.63, 3.8) is 0 Å². The quantitative estimate of drug-likeness (QED) is 0.567. The molecule has 0 bridgehead atoms. The number of aliphatic hydroxyl groups excluding tert-OH is 1. The van der Waals surface area contributed by atoms with Crippen molar-refractivity contribution >= 4 is 5.69 Å². The van der Waals surface area contributed by atoms with Crippen molar-refractivity contribution in [2.24, 2.45) is 5.41 Å². The number of aliphatic hydroxyl groups is 1. The molecule has 0 aliphatic carbocycles. The maximum absolute atomic E-state index is 10.6. The first-order chi connectivity index (χ1) is 9.35. The van der Waals surface area contributed by atoms with Gasteiger partial charge in [0.2, 0.25) is 0 Å². The molecule has 1 unspecified atom stereocenters. The molecule has 1 aromatic carbocycles. The van der Waals surface area contributed by atoms with Gasteiger partial charge in [0.15, 0.2) is 0 Å². The zero-order valence-corrected chi connectivity index (χ0v) is 12.4. The normalized spacial score (nSPS) is 13.2. The SMILES string of the molecule is CC(NCC(C)(C)CCCO)c1ccc([N+](=O)[O-])cc1. The first-order valence-electron chi connectivity index (χ1n) is 6.94. The van der Waals surface area contributed by atoms with Crippen LogP contribution in [-0.4, -0.2) is 23.2 Å². The Kier molecular flexibility index (Phi) is 6.10. The van der Waals surface area contributed by atoms with Gasteiger partial charge in [-0.05, 0) is 30.7 Å². The van der Waals surface area contributed by atoms with E-state index in [0.29, 0.717) is 0 Å². The van der Waals surface area contributed by atoms with Crippen LogP contribution in [0.3, 0.4) is 0 Å². The molecule has 0 saturated heterocycles. The number of nitrogens with zero attached hydrogens (tertiary/aromatic N) is 1. The van der Waals surface area contributed by atoms with E-state index in [-0.39, 0.29) is 28.7 Å². The molecule has 0 amide bonds. The number of benzene rings is 1. The summed E-state index contributed by atoms with van der Waals surface area (Å²) in [5, 5.41) is 22.9. The molecular weight excluding hydrogens is 256 g/mol. The van der Waals surface area contributed by atoms with Crippen molar-refractivity contribution < 1.29 is 10.0 Å². The van der Waals surface area contributed by atoms with Crippen LogP contribution in [0.15, 0.2) is 24.3 Å². The first kappa shape index (κ1) is 16.6. The summed E-state index contributed by atoms with van der Waals surface area (Å²) in [6, 6.07) is 6.78. The summed E-state index contributed by atoms with van der Waals surface area (Å²) in [6.45, 7) is 7.44. The van der Waals surface area contributed by atoms with Crippen LogP contribution < -0.4 is 5.32 Å². The second-order valence-electron chi connectivity index (χ2n) is 5.94. The lowest BCUT2D eigenvalue weighted by molar-refractivity contribution is -0.384. The smallest absolute Gasteiger partial charge is 0.269 e. The average molecular weight is 280 g/mol. The molecule has 0 aliphatic heterocycles. The summed E-state index contributed by atoms with van der Waals surface area (Å²) < 4.78 is 0. The van der Waals surface area contributed by atoms with E-state index in [1.807, 2.05) is 6.92 Å². The van der Waals surface area contributed by atoms with Crippen molar-refractivity contribution in [1.29, 1.82) is 0 Å². The van der Waals surface area contributed by atoms with Crippen LogP contribution in [0.2, 0.25) is 0 Å². The highest BCUT2D eigenvalue weighted by Crippen LogP contribution is 2.23. The molecule has 0 radical (unpaired) electrons. The Morgan fingerprint density at radius 3 is 2.45 bits per heavy atom. The third-order valence-corrected chi connectivity index (χ3v) is 3.50. The fourth-order valence-corrected chi connectivity index (χ4v) is 2.08. The summed E-state index contributed by atoms with van der Waals surface area (Å²) >= 11 is 0. The maximum atomic E-state index is 10.6. The monoisotopic (exact) mass is 280 g/mol. The second-order valence-corrected chi connectivity index (χ2v) is 5.94. The van der Waals surface area contributed by atoms with Gasteiger partial charge >= 0.3 is 0 Å². The van der Waals surface area contributed by atoms with Crippen LogP contribution >= 0.6 is 0 Å². The van der Waals surface area contributed by atoms with Gasteiger partial charge in [-0.15, -0.1) is 0 Å². The van der Waals surface area contributed by atoms with Gasteiger partial charge in [0.1, 0.15) is 0 Å². The summed E-state index contributed by atoms with van der Waals surface area (Å²) in [5.41, 5.74) is 1.27. The predicted octanol–water partition coefficient (Wildman–Crippen LogP) is 3.04. The largest absolute Gasteiger partial charge is 0.396 e. The molecule has 1 rings (SSSR count). The minimum absolute atomic E-state index is 0.115. The lowest BCUT2D eigenvalue weighted by atomic mass is 9.87. The summed E-state index contributed by atoms with van der Waals surface area (Å²) in [7, 11) is 0. The Balaban J connectivity index is 2.54. The molecular formula is C15H24N2O3. The Bertz CT molecular complexity index is 429. The van der Waals surface area contributed by atoms with Crippen molar-refractivity contribution in [2.75, 3.05) is 13.2 Å². The zero-order chi connectivity index (χ0) is 15.2. The fraction of sp³-hybridized carbons (Fsp3) is 0.600. The topological polar surface area (TPSA) is 75.4 Å². The number of hydrogen-bond donors (Lipinski definition) is 2. The number of nitrogens with one attached hydrogen (secondary N) is 1. The molecule has 5 heteroatoms. The highest BCUT2D eigenvalue weighted by Gasteiger charge is 2.18. The van der Waals surface area contributed by atoms with Crippen molar-refractivity contribution in [3.05, 3.63) is 39.9 Å². The predicted molar refractivity (Wildman–Crippen MR) is 79.6 cm³/mol. The van der Waals surface area contributed by atoms with E-state index >= 15 is 0 Å². The standard InChI is InChI=1S/C15H24N2O3/c1-12(16-11-15(2,3)9-4-10-18)13-5-7-14(8-6-13)17(19)20/h5-8,12,16,18H,4,9-11H2,1-3H3. The third-order valence-electron chi connectivity index (χ3n) is 3.50. The van der Waals surface area contributed by atoms with E-state index in [0.717, 1.165) is 24.9 Å². The van der Waals surface area contributed by atoms with E-state index < -0.39 is 0 Å². The van der Waals surface area contributed by atoms with E-state index in [9.17, 15) is 10.1 Å². The van der Waals surface area contributed by atoms with Gasteiger partial charge in [-0.1, -0.05) is 26.0 Å². The Morgan fingerprint density at radius 1 is 1.35 bits per heavy atom. The van der Waals surface area contributed by atoms with E-state index in [4.69, 9.17) is 5.11 Å². The van der Waals surface area contributed by atoms with Crippen LogP contribution in [-0.2, 0) is 0 Å². The summed E-state index contributed by atoms with van der Waals surface area (Å²) in [4.78, 5) is 10.2. The van der Waals surface area contributed by atoms with Gasteiger partial charge < -0.3 is 10.4 Å². The molecule has 5 nitrogen and oxygen atoms in total. The fourth-order valence-electron chi connectivity index (χ4n) is 2.08. The van der Waals surface area contributed by atoms with E-state index in [2.05, 4.69) is 19.2 Å². The van der Waals surface area contributed by atoms with Crippen molar-refractivity contribution in [2.45, 2.75) is 39.7 Å². The molecule has 0 aliphatic rings. The molecule has 0 saturated carbocycles. The lowest BCUT2D eigenvalue weighted by Crippen LogP contribution is -2.31. The van der Waals surface area contributed by atoms with Crippen LogP contribution in [0, 0.1) is 15.5 Å². The average Bonchev–Trinajstić information content (AvgIpc) is 2.43. The zero-order valence-electron chi connectivity index (χ0n) is 12.4. The highest BCUT2D eigenvalue weighted by atomic mass is 16.6. The Morgan fingerprint density at radius 2 is 1.95 bits per heavy atom. The number of non-ortho nitro benzene ring substituents is 1. The summed E-state index contributed by atoms with van der Waals surface area (Å²) in [6.07, 6.45) is 1.77. The van der Waals surface area contributed by atoms with Gasteiger partial charge in [0, 0.05) is 31.3 Å². The minimum atomic E-state index is -0.389. The third kappa shape index (κ3) is 5.27. The van der Waals surface area contributed by atoms with Crippen LogP contribution in [0.1, 0.15) is 45.2 Å². The van der Waals surface area contributed by atoms with E-state index in [1.165, 1.54) is 12.1 Å². The van der Waals surface area contributed by atoms with Gasteiger partial charge in [0.25, 0.3) is 5.69 Å². The molecule has 112 valence electrons. The lowest BCUT2D eigenvalue weighted by Gasteiger charge is -2.27. The van der Waals surface area contributed by atoms with Crippen molar-refractivity contribution in [3.8, 4) is 0 Å². The van der Waals surface area contributed by atoms with E-state index in [1.54, 1.807) is 12.1 Å². The van der Waals surface area contributed by atoms with Crippen LogP contribution in [0.25, 0.3) is 0 Å². The molecule has 1 atom stereocenters. The van der Waals surface area contributed by atoms with Crippen LogP contribution in [0.4, 0.5) is 5.69 Å². The number of nitro groups is 1. The molecule has 0 fully saturated rings. The number of hydrogen-bond acceptors (Lipinski definition) is 4. The molecule has 0 spiro atoms. The van der Waals surface area contributed by atoms with Gasteiger partial charge in [-0.2, -0.15) is 0 Å². The summed E-state index contributed by atoms with van der Waals surface area (Å²) in [5.74, 6) is 0. The molecule has 0 heterocycles. The second kappa shape index (κ2) is 7.36. The van der Waals surface area contributed by atoms with Crippen molar-refractivity contribution in [1.82, 2.24) is 5.32 Å². The molecule has 2 N–H and O–H groups in total. The molecule has 1 aromatic rings. The first-order valence-corrected chi connectivity index (χ1v) is 6.94. The highest BCUT2D eigenvalue weighted by molar-refractivity contribution is 5.34. The maximum Gasteiger partial charge on any atom is 0.269 e. The number of rotatable bonds is 8. The van der Waals surface area contributed by atoms with Gasteiger partial charge in [-0.3, -0.25) is 10.1 Å². The molecule has 0 aromatic heterocycles. The van der Waals surface area contributed by atoms with Gasteiger partial charge in [-0.25, -0.2) is 0 Å². The molecule has 20 heavy (non-hydrogen) atoms. The van der Waals surface area contributed by atoms with Gasteiger partial charge in [0.05, 0.1) is 4.92 Å². The Labute approximate surface area is 120 Å². The van der Waals surface area contributed by atoms with Crippen LogP contribution in [0.5, 0.6) is 0 Å². The number of nitro benzene ring substituents is 1. The minimum Gasteiger partial charge on any atom is -0.396 e. The Hall–Kier alpha value is -1.46.